The fourth-order valence-electron chi connectivity index (χ4n) is 1.57. The van der Waals surface area contributed by atoms with Gasteiger partial charge in [0.25, 0.3) is 0 Å². The molecule has 0 amide bonds. The molecular formula is C11H11BrF2N4. The average Bonchev–Trinajstić information content (AvgIpc) is 2.52. The van der Waals surface area contributed by atoms with E-state index >= 15 is 0 Å². The maximum Gasteiger partial charge on any atom is 0.152 e. The number of hydrogen-bond donors (Lipinski definition) is 2. The van der Waals surface area contributed by atoms with E-state index in [2.05, 4.69) is 26.3 Å². The van der Waals surface area contributed by atoms with Crippen molar-refractivity contribution in [2.24, 2.45) is 7.05 Å². The van der Waals surface area contributed by atoms with E-state index in [1.165, 1.54) is 4.68 Å². The fourth-order valence-corrected chi connectivity index (χ4v) is 1.88. The second-order valence-electron chi connectivity index (χ2n) is 3.84. The van der Waals surface area contributed by atoms with Crippen molar-refractivity contribution in [3.05, 3.63) is 33.9 Å². The maximum atomic E-state index is 13.7. The smallest absolute Gasteiger partial charge is 0.152 e. The third-order valence-corrected chi connectivity index (χ3v) is 3.14. The normalized spacial score (nSPS) is 10.7. The van der Waals surface area contributed by atoms with Gasteiger partial charge in [0.15, 0.2) is 5.82 Å². The van der Waals surface area contributed by atoms with Gasteiger partial charge in [0.2, 0.25) is 0 Å². The first kappa shape index (κ1) is 12.8. The summed E-state index contributed by atoms with van der Waals surface area (Å²) in [6, 6.07) is 2.11. The number of nitrogens with two attached hydrogens (primary N) is 1. The number of nitrogens with zero attached hydrogens (tertiary/aromatic N) is 2. The van der Waals surface area contributed by atoms with Gasteiger partial charge in [-0.2, -0.15) is 5.10 Å². The lowest BCUT2D eigenvalue weighted by Gasteiger charge is -2.09. The predicted octanol–water partition coefficient (Wildman–Crippen LogP) is 3.10. The molecule has 0 spiro atoms. The largest absolute Gasteiger partial charge is 0.394 e. The molecule has 7 heteroatoms. The summed E-state index contributed by atoms with van der Waals surface area (Å²) in [5.74, 6) is -0.717. The van der Waals surface area contributed by atoms with E-state index in [0.29, 0.717) is 17.2 Å². The first-order chi connectivity index (χ1) is 8.40. The van der Waals surface area contributed by atoms with Crippen molar-refractivity contribution < 1.29 is 8.78 Å². The van der Waals surface area contributed by atoms with Crippen molar-refractivity contribution in [3.8, 4) is 0 Å². The lowest BCUT2D eigenvalue weighted by Crippen LogP contribution is -2.03. The molecule has 18 heavy (non-hydrogen) atoms. The Morgan fingerprint density at radius 2 is 2.00 bits per heavy atom. The molecule has 0 aliphatic heterocycles. The first-order valence-electron chi connectivity index (χ1n) is 5.10. The third-order valence-electron chi connectivity index (χ3n) is 2.53. The first-order valence-corrected chi connectivity index (χ1v) is 5.90. The lowest BCUT2D eigenvalue weighted by molar-refractivity contribution is 0.597. The number of nitrogens with one attached hydrogen (secondary N) is 1. The van der Waals surface area contributed by atoms with Gasteiger partial charge in [0.05, 0.1) is 21.5 Å². The number of benzene rings is 1. The highest BCUT2D eigenvalue weighted by molar-refractivity contribution is 9.10. The van der Waals surface area contributed by atoms with Crippen LogP contribution < -0.4 is 11.1 Å². The molecule has 4 nitrogen and oxygen atoms in total. The molecule has 1 heterocycles. The molecule has 0 atom stereocenters. The summed E-state index contributed by atoms with van der Waals surface area (Å²) in [4.78, 5) is 0. The Kier molecular flexibility index (Phi) is 3.25. The van der Waals surface area contributed by atoms with Gasteiger partial charge in [-0.3, -0.25) is 4.68 Å². The minimum Gasteiger partial charge on any atom is -0.394 e. The summed E-state index contributed by atoms with van der Waals surface area (Å²) in [5.41, 5.74) is 6.83. The third kappa shape index (κ3) is 2.17. The summed E-state index contributed by atoms with van der Waals surface area (Å²) in [5, 5.41) is 6.82. The molecular weight excluding hydrogens is 306 g/mol. The van der Waals surface area contributed by atoms with Crippen molar-refractivity contribution in [1.82, 2.24) is 9.78 Å². The van der Waals surface area contributed by atoms with Crippen molar-refractivity contribution in [2.75, 3.05) is 11.1 Å². The Hall–Kier alpha value is -1.63. The van der Waals surface area contributed by atoms with E-state index in [-0.39, 0.29) is 10.2 Å². The van der Waals surface area contributed by atoms with Gasteiger partial charge in [-0.1, -0.05) is 0 Å². The Bertz CT molecular complexity index is 610. The predicted molar refractivity (Wildman–Crippen MR) is 69.7 cm³/mol. The topological polar surface area (TPSA) is 55.9 Å². The number of anilines is 3. The molecule has 0 fully saturated rings. The molecule has 0 bridgehead atoms. The summed E-state index contributed by atoms with van der Waals surface area (Å²) in [7, 11) is 1.67. The second-order valence-corrected chi connectivity index (χ2v) is 4.70. The monoisotopic (exact) mass is 316 g/mol. The Morgan fingerprint density at radius 3 is 2.56 bits per heavy atom. The quantitative estimate of drug-likeness (QED) is 0.837. The summed E-state index contributed by atoms with van der Waals surface area (Å²) in [6.45, 7) is 1.74. The van der Waals surface area contributed by atoms with Crippen LogP contribution in [0.25, 0.3) is 0 Å². The fraction of sp³-hybridized carbons (Fsp3) is 0.182. The summed E-state index contributed by atoms with van der Waals surface area (Å²) < 4.78 is 28.6. The lowest BCUT2D eigenvalue weighted by atomic mass is 10.3. The van der Waals surface area contributed by atoms with Crippen LogP contribution in [0.5, 0.6) is 0 Å². The van der Waals surface area contributed by atoms with Gasteiger partial charge in [0, 0.05) is 13.1 Å². The number of aromatic nitrogens is 2. The highest BCUT2D eigenvalue weighted by atomic mass is 79.9. The molecule has 1 aromatic carbocycles. The van der Waals surface area contributed by atoms with Crippen molar-refractivity contribution >= 4 is 33.1 Å². The van der Waals surface area contributed by atoms with Crippen molar-refractivity contribution in [2.45, 2.75) is 6.92 Å². The SMILES string of the molecule is Cc1nn(C)c(Nc2cc(F)c(Br)cc2F)c1N. The molecule has 1 aromatic heterocycles. The van der Waals surface area contributed by atoms with Crippen molar-refractivity contribution in [3.63, 3.8) is 0 Å². The molecule has 2 rings (SSSR count). The number of hydrogen-bond acceptors (Lipinski definition) is 3. The van der Waals surface area contributed by atoms with E-state index in [1.54, 1.807) is 14.0 Å². The highest BCUT2D eigenvalue weighted by Crippen LogP contribution is 2.29. The molecule has 0 aliphatic rings. The van der Waals surface area contributed by atoms with Gasteiger partial charge in [0.1, 0.15) is 11.6 Å². The van der Waals surface area contributed by atoms with Gasteiger partial charge < -0.3 is 11.1 Å². The van der Waals surface area contributed by atoms with Crippen LogP contribution in [-0.4, -0.2) is 9.78 Å². The standard InChI is InChI=1S/C11H11BrF2N4/c1-5-10(15)11(18(2)17-5)16-9-4-7(13)6(12)3-8(9)14/h3-4,16H,15H2,1-2H3. The Labute approximate surface area is 111 Å². The molecule has 0 saturated carbocycles. The maximum absolute atomic E-state index is 13.7. The second kappa shape index (κ2) is 4.56. The van der Waals surface area contributed by atoms with E-state index < -0.39 is 11.6 Å². The number of halogens is 3. The van der Waals surface area contributed by atoms with Gasteiger partial charge in [-0.25, -0.2) is 8.78 Å². The van der Waals surface area contributed by atoms with Crippen molar-refractivity contribution in [1.29, 1.82) is 0 Å². The average molecular weight is 317 g/mol. The van der Waals surface area contributed by atoms with Gasteiger partial charge in [-0.15, -0.1) is 0 Å². The Morgan fingerprint density at radius 1 is 1.33 bits per heavy atom. The van der Waals surface area contributed by atoms with Crippen LogP contribution in [0.2, 0.25) is 0 Å². The minimum atomic E-state index is -0.582. The summed E-state index contributed by atoms with van der Waals surface area (Å²) in [6.07, 6.45) is 0. The molecule has 96 valence electrons. The number of nitrogen functional groups attached to an aromatic ring is 1. The van der Waals surface area contributed by atoms with E-state index in [9.17, 15) is 8.78 Å². The van der Waals surface area contributed by atoms with Crippen LogP contribution in [0, 0.1) is 18.6 Å². The zero-order valence-corrected chi connectivity index (χ0v) is 11.3. The van der Waals surface area contributed by atoms with Gasteiger partial charge >= 0.3 is 0 Å². The molecule has 2 aromatic rings. The zero-order chi connectivity index (χ0) is 13.4. The van der Waals surface area contributed by atoms with Crippen LogP contribution in [-0.2, 0) is 7.05 Å². The van der Waals surface area contributed by atoms with Crippen LogP contribution in [0.1, 0.15) is 5.69 Å². The number of rotatable bonds is 2. The molecule has 0 unspecified atom stereocenters. The van der Waals surface area contributed by atoms with E-state index in [4.69, 9.17) is 5.73 Å². The zero-order valence-electron chi connectivity index (χ0n) is 9.76. The van der Waals surface area contributed by atoms with Crippen LogP contribution in [0.4, 0.5) is 26.0 Å². The summed E-state index contributed by atoms with van der Waals surface area (Å²) >= 11 is 2.91. The molecule has 0 aliphatic carbocycles. The van der Waals surface area contributed by atoms with Gasteiger partial charge in [-0.05, 0) is 28.9 Å². The van der Waals surface area contributed by atoms with E-state index in [0.717, 1.165) is 12.1 Å². The minimum absolute atomic E-state index is 0.00500. The Balaban J connectivity index is 2.43. The molecule has 3 N–H and O–H groups in total. The van der Waals surface area contributed by atoms with E-state index in [1.807, 2.05) is 0 Å². The van der Waals surface area contributed by atoms with Crippen LogP contribution in [0.3, 0.4) is 0 Å². The number of aryl methyl sites for hydroxylation is 2. The molecule has 0 saturated heterocycles. The van der Waals surface area contributed by atoms with Crippen LogP contribution >= 0.6 is 15.9 Å². The molecule has 0 radical (unpaired) electrons. The van der Waals surface area contributed by atoms with Crippen LogP contribution in [0.15, 0.2) is 16.6 Å². The highest BCUT2D eigenvalue weighted by Gasteiger charge is 2.14.